The predicted octanol–water partition coefficient (Wildman–Crippen LogP) is 5.60. The summed E-state index contributed by atoms with van der Waals surface area (Å²) in [6.07, 6.45) is -3.87. The van der Waals surface area contributed by atoms with Gasteiger partial charge in [0, 0.05) is 40.7 Å². The van der Waals surface area contributed by atoms with E-state index in [4.69, 9.17) is 28.0 Å². The molecule has 1 amide bonds. The Kier molecular flexibility index (Phi) is 9.21. The van der Waals surface area contributed by atoms with Gasteiger partial charge in [0.25, 0.3) is 0 Å². The highest BCUT2D eigenvalue weighted by atomic mass is 35.5. The van der Waals surface area contributed by atoms with Crippen LogP contribution in [0.5, 0.6) is 0 Å². The van der Waals surface area contributed by atoms with Crippen molar-refractivity contribution in [2.75, 3.05) is 39.0 Å². The van der Waals surface area contributed by atoms with Gasteiger partial charge in [-0.3, -0.25) is 9.59 Å². The molecule has 2 heterocycles. The van der Waals surface area contributed by atoms with Gasteiger partial charge in [0.1, 0.15) is 0 Å². The fourth-order valence-electron chi connectivity index (χ4n) is 4.48. The van der Waals surface area contributed by atoms with Gasteiger partial charge in [0.05, 0.1) is 0 Å². The zero-order chi connectivity index (χ0) is 25.8. The van der Waals surface area contributed by atoms with Crippen LogP contribution in [0.4, 0.5) is 18.9 Å². The fourth-order valence-corrected chi connectivity index (χ4v) is 5.05. The average molecular weight is 530 g/mol. The van der Waals surface area contributed by atoms with Crippen LogP contribution in [0.1, 0.15) is 35.4 Å². The largest absolute Gasteiger partial charge is 0.446 e. The van der Waals surface area contributed by atoms with Gasteiger partial charge < -0.3 is 15.1 Å². The second-order valence-corrected chi connectivity index (χ2v) is 9.90. The van der Waals surface area contributed by atoms with Crippen molar-refractivity contribution < 1.29 is 22.8 Å². The zero-order valence-electron chi connectivity index (χ0n) is 19.5. The molecule has 1 fully saturated rings. The quantitative estimate of drug-likeness (QED) is 0.526. The molecule has 1 saturated heterocycles. The number of carbonyl (C=O) groups is 2. The lowest BCUT2D eigenvalue weighted by Crippen LogP contribution is -2.36. The maximum absolute atomic E-state index is 12.7. The molecule has 2 aromatic carbocycles. The van der Waals surface area contributed by atoms with Crippen LogP contribution in [0, 0.1) is 5.92 Å². The lowest BCUT2D eigenvalue weighted by molar-refractivity contribution is -0.156. The lowest BCUT2D eigenvalue weighted by atomic mass is 9.84. The van der Waals surface area contributed by atoms with E-state index in [0.717, 1.165) is 60.9 Å². The third kappa shape index (κ3) is 7.67. The minimum Gasteiger partial charge on any atom is -0.326 e. The molecule has 10 heteroatoms. The van der Waals surface area contributed by atoms with Crippen molar-refractivity contribution in [3.8, 4) is 0 Å². The van der Waals surface area contributed by atoms with Gasteiger partial charge in [-0.05, 0) is 81.0 Å². The van der Waals surface area contributed by atoms with Gasteiger partial charge in [-0.1, -0.05) is 35.3 Å². The number of nitrogens with one attached hydrogen (secondary N) is 1. The van der Waals surface area contributed by atoms with Crippen LogP contribution in [0.25, 0.3) is 0 Å². The maximum atomic E-state index is 12.7. The molecule has 5 nitrogen and oxygen atoms in total. The molecule has 0 aromatic heterocycles. The first-order chi connectivity index (χ1) is 16.5. The number of benzene rings is 2. The lowest BCUT2D eigenvalue weighted by Gasteiger charge is -2.33. The van der Waals surface area contributed by atoms with Crippen LogP contribution < -0.4 is 5.32 Å². The van der Waals surface area contributed by atoms with Crippen LogP contribution in [-0.4, -0.2) is 61.9 Å². The summed E-state index contributed by atoms with van der Waals surface area (Å²) in [4.78, 5) is 26.0. The molecule has 1 atom stereocenters. The van der Waals surface area contributed by atoms with Gasteiger partial charge in [0.15, 0.2) is 0 Å². The SMILES string of the molecule is CN1CCC(C(=O)Nc2cccc(C3CN(C)Cc4c(Cl)cc(Cl)cc43)c2)CC1.O=CC(F)(F)F. The third-order valence-corrected chi connectivity index (χ3v) is 6.83. The van der Waals surface area contributed by atoms with Gasteiger partial charge in [-0.2, -0.15) is 13.2 Å². The Labute approximate surface area is 213 Å². The van der Waals surface area contributed by atoms with Crippen molar-refractivity contribution in [2.24, 2.45) is 5.92 Å². The summed E-state index contributed by atoms with van der Waals surface area (Å²) in [6, 6.07) is 12.0. The van der Waals surface area contributed by atoms with Crippen LogP contribution in [-0.2, 0) is 16.1 Å². The summed E-state index contributed by atoms with van der Waals surface area (Å²) in [6.45, 7) is 3.65. The van der Waals surface area contributed by atoms with Crippen LogP contribution in [0.3, 0.4) is 0 Å². The molecule has 1 unspecified atom stereocenters. The molecular formula is C25H28Cl2F3N3O2. The number of piperidine rings is 1. The highest BCUT2D eigenvalue weighted by Gasteiger charge is 2.28. The number of fused-ring (bicyclic) bond motifs is 1. The van der Waals surface area contributed by atoms with Crippen LogP contribution in [0.15, 0.2) is 36.4 Å². The second kappa shape index (κ2) is 11.7. The summed E-state index contributed by atoms with van der Waals surface area (Å²) in [5, 5.41) is 4.52. The van der Waals surface area contributed by atoms with Crippen molar-refractivity contribution in [1.82, 2.24) is 9.80 Å². The molecule has 35 heavy (non-hydrogen) atoms. The van der Waals surface area contributed by atoms with Crippen molar-refractivity contribution in [1.29, 1.82) is 0 Å². The smallest absolute Gasteiger partial charge is 0.326 e. The number of nitrogens with zero attached hydrogens (tertiary/aromatic N) is 2. The zero-order valence-corrected chi connectivity index (χ0v) is 21.1. The third-order valence-electron chi connectivity index (χ3n) is 6.27. The standard InChI is InChI=1S/C23H27Cl2N3O.C2HF3O/c1-27-8-6-15(7-9-27)23(29)26-18-5-3-4-16(10-18)20-13-28(2)14-21-19(20)11-17(24)12-22(21)25;3-2(4,5)1-6/h3-5,10-12,15,20H,6-9,13-14H2,1-2H3,(H,26,29);1H. The molecule has 2 aromatic rings. The Balaban J connectivity index is 0.000000509. The first-order valence-corrected chi connectivity index (χ1v) is 12.0. The monoisotopic (exact) mass is 529 g/mol. The number of amides is 1. The van der Waals surface area contributed by atoms with Gasteiger partial charge >= 0.3 is 6.18 Å². The van der Waals surface area contributed by atoms with E-state index in [-0.39, 0.29) is 17.7 Å². The van der Waals surface area contributed by atoms with E-state index in [0.29, 0.717) is 5.02 Å². The summed E-state index contributed by atoms with van der Waals surface area (Å²) in [5.74, 6) is 0.386. The molecule has 2 aliphatic heterocycles. The van der Waals surface area contributed by atoms with Crippen molar-refractivity contribution in [3.63, 3.8) is 0 Å². The molecule has 2 aliphatic rings. The summed E-state index contributed by atoms with van der Waals surface area (Å²) in [7, 11) is 4.21. The molecule has 1 N–H and O–H groups in total. The number of alkyl halides is 3. The first kappa shape index (κ1) is 27.5. The Hall–Kier alpha value is -2.13. The number of likely N-dealkylation sites (N-methyl/N-ethyl adjacent to an activating group) is 1. The number of aldehydes is 1. The van der Waals surface area contributed by atoms with E-state index in [1.165, 1.54) is 5.56 Å². The Morgan fingerprint density at radius 2 is 1.74 bits per heavy atom. The number of hydrogen-bond acceptors (Lipinski definition) is 4. The Morgan fingerprint density at radius 3 is 2.37 bits per heavy atom. The molecule has 0 saturated carbocycles. The van der Waals surface area contributed by atoms with E-state index in [1.807, 2.05) is 24.3 Å². The van der Waals surface area contributed by atoms with Gasteiger partial charge in [-0.15, -0.1) is 0 Å². The van der Waals surface area contributed by atoms with Crippen LogP contribution in [0.2, 0.25) is 10.0 Å². The molecule has 0 spiro atoms. The number of halogens is 5. The average Bonchev–Trinajstić information content (AvgIpc) is 2.80. The highest BCUT2D eigenvalue weighted by Crippen LogP contribution is 2.39. The molecule has 0 bridgehead atoms. The number of anilines is 1. The van der Waals surface area contributed by atoms with Crippen molar-refractivity contribution in [3.05, 3.63) is 63.1 Å². The second-order valence-electron chi connectivity index (χ2n) is 9.06. The van der Waals surface area contributed by atoms with Gasteiger partial charge in [0.2, 0.25) is 12.2 Å². The molecular weight excluding hydrogens is 502 g/mol. The summed E-state index contributed by atoms with van der Waals surface area (Å²) < 4.78 is 31.2. The number of likely N-dealkylation sites (tertiary alicyclic amines) is 1. The predicted molar refractivity (Wildman–Crippen MR) is 132 cm³/mol. The first-order valence-electron chi connectivity index (χ1n) is 11.3. The van der Waals surface area contributed by atoms with E-state index in [2.05, 4.69) is 41.3 Å². The minimum absolute atomic E-state index is 0.0917. The van der Waals surface area contributed by atoms with Crippen molar-refractivity contribution >= 4 is 41.1 Å². The molecule has 4 rings (SSSR count). The molecule has 0 aliphatic carbocycles. The minimum atomic E-state index is -4.64. The Morgan fingerprint density at radius 1 is 1.09 bits per heavy atom. The van der Waals surface area contributed by atoms with E-state index < -0.39 is 12.5 Å². The topological polar surface area (TPSA) is 52.7 Å². The molecule has 190 valence electrons. The fraction of sp³-hybridized carbons (Fsp3) is 0.440. The maximum Gasteiger partial charge on any atom is 0.446 e. The summed E-state index contributed by atoms with van der Waals surface area (Å²) >= 11 is 12.8. The van der Waals surface area contributed by atoms with E-state index >= 15 is 0 Å². The Bertz CT molecular complexity index is 1060. The number of hydrogen-bond donors (Lipinski definition) is 1. The van der Waals surface area contributed by atoms with E-state index in [1.54, 1.807) is 0 Å². The van der Waals surface area contributed by atoms with Crippen molar-refractivity contribution in [2.45, 2.75) is 31.5 Å². The summed E-state index contributed by atoms with van der Waals surface area (Å²) in [5.41, 5.74) is 4.33. The normalized spacial score (nSPS) is 19.3. The molecule has 0 radical (unpaired) electrons. The van der Waals surface area contributed by atoms with Crippen LogP contribution >= 0.6 is 23.2 Å². The number of carbonyl (C=O) groups excluding carboxylic acids is 2. The van der Waals surface area contributed by atoms with Gasteiger partial charge in [-0.25, -0.2) is 0 Å². The van der Waals surface area contributed by atoms with E-state index in [9.17, 15) is 18.0 Å². The highest BCUT2D eigenvalue weighted by molar-refractivity contribution is 6.35. The number of rotatable bonds is 3.